The van der Waals surface area contributed by atoms with Crippen molar-refractivity contribution in [2.45, 2.75) is 32.4 Å². The van der Waals surface area contributed by atoms with Crippen molar-refractivity contribution in [1.29, 1.82) is 5.26 Å². The lowest BCUT2D eigenvalue weighted by Crippen LogP contribution is -2.19. The van der Waals surface area contributed by atoms with Crippen LogP contribution in [0.1, 0.15) is 37.0 Å². The molecular weight excluding hydrogens is 508 g/mol. The van der Waals surface area contributed by atoms with E-state index < -0.39 is 0 Å². The first-order valence-electron chi connectivity index (χ1n) is 13.0. The van der Waals surface area contributed by atoms with Gasteiger partial charge in [0.1, 0.15) is 46.7 Å². The van der Waals surface area contributed by atoms with Crippen molar-refractivity contribution in [1.82, 2.24) is 34.5 Å². The molecule has 1 unspecified atom stereocenters. The van der Waals surface area contributed by atoms with E-state index >= 15 is 0 Å². The highest BCUT2D eigenvalue weighted by atomic mass is 16.5. The van der Waals surface area contributed by atoms with Gasteiger partial charge in [-0.1, -0.05) is 12.1 Å². The van der Waals surface area contributed by atoms with E-state index in [4.69, 9.17) is 19.4 Å². The number of aromatic nitrogens is 7. The molecule has 6 rings (SSSR count). The Kier molecular flexibility index (Phi) is 6.71. The van der Waals surface area contributed by atoms with Crippen LogP contribution in [-0.2, 0) is 11.8 Å². The molecule has 0 bridgehead atoms. The number of hydrogen-bond acceptors (Lipinski definition) is 10. The van der Waals surface area contributed by atoms with E-state index in [0.29, 0.717) is 46.5 Å². The van der Waals surface area contributed by atoms with Gasteiger partial charge >= 0.3 is 0 Å². The minimum Gasteiger partial charge on any atom is -0.494 e. The maximum atomic E-state index is 9.30. The molecule has 0 spiro atoms. The summed E-state index contributed by atoms with van der Waals surface area (Å²) in [4.78, 5) is 15.7. The Morgan fingerprint density at radius 1 is 1.05 bits per heavy atom. The summed E-state index contributed by atoms with van der Waals surface area (Å²) in [6.45, 7) is 2.66. The maximum absolute atomic E-state index is 9.30. The van der Waals surface area contributed by atoms with Gasteiger partial charge < -0.3 is 20.1 Å². The molecule has 1 aliphatic rings. The van der Waals surface area contributed by atoms with Gasteiger partial charge in [0, 0.05) is 25.3 Å². The van der Waals surface area contributed by atoms with Crippen LogP contribution >= 0.6 is 0 Å². The Morgan fingerprint density at radius 2 is 1.93 bits per heavy atom. The van der Waals surface area contributed by atoms with E-state index in [1.807, 2.05) is 31.2 Å². The van der Waals surface area contributed by atoms with Gasteiger partial charge in [-0.2, -0.15) is 20.3 Å². The van der Waals surface area contributed by atoms with Crippen LogP contribution in [0.2, 0.25) is 0 Å². The summed E-state index contributed by atoms with van der Waals surface area (Å²) < 4.78 is 14.0. The number of rotatable bonds is 7. The van der Waals surface area contributed by atoms with Gasteiger partial charge in [0.15, 0.2) is 11.4 Å². The number of aryl methyl sites for hydroxylation is 2. The van der Waals surface area contributed by atoms with Crippen LogP contribution in [0, 0.1) is 18.3 Å². The molecule has 12 nitrogen and oxygen atoms in total. The lowest BCUT2D eigenvalue weighted by molar-refractivity contribution is -0.0308. The molecule has 0 aliphatic carbocycles. The van der Waals surface area contributed by atoms with E-state index in [1.165, 1.54) is 4.80 Å². The van der Waals surface area contributed by atoms with Gasteiger partial charge in [-0.05, 0) is 50.5 Å². The Bertz CT molecular complexity index is 1730. The first-order valence-corrected chi connectivity index (χ1v) is 13.0. The van der Waals surface area contributed by atoms with Gasteiger partial charge in [-0.3, -0.25) is 4.57 Å². The number of methoxy groups -OCH3 is 1. The minimum atomic E-state index is -0.149. The molecule has 12 heteroatoms. The minimum absolute atomic E-state index is 0.149. The number of para-hydroxylation sites is 1. The van der Waals surface area contributed by atoms with Crippen molar-refractivity contribution in [3.05, 3.63) is 60.2 Å². The highest BCUT2D eigenvalue weighted by Crippen LogP contribution is 2.39. The van der Waals surface area contributed by atoms with E-state index in [-0.39, 0.29) is 6.23 Å². The second kappa shape index (κ2) is 10.6. The second-order valence-corrected chi connectivity index (χ2v) is 9.45. The lowest BCUT2D eigenvalue weighted by Gasteiger charge is -2.25. The number of nitriles is 1. The molecule has 202 valence electrons. The molecule has 1 fully saturated rings. The van der Waals surface area contributed by atoms with Gasteiger partial charge in [0.05, 0.1) is 24.7 Å². The molecular formula is C28H28N10O2. The van der Waals surface area contributed by atoms with Crippen LogP contribution < -0.4 is 15.4 Å². The highest BCUT2D eigenvalue weighted by Gasteiger charge is 2.24. The molecule has 1 saturated heterocycles. The van der Waals surface area contributed by atoms with Gasteiger partial charge in [-0.25, -0.2) is 15.0 Å². The predicted molar refractivity (Wildman–Crippen MR) is 150 cm³/mol. The van der Waals surface area contributed by atoms with Crippen LogP contribution in [0.3, 0.4) is 0 Å². The number of pyridine rings is 2. The second-order valence-electron chi connectivity index (χ2n) is 9.45. The van der Waals surface area contributed by atoms with Crippen molar-refractivity contribution in [3.8, 4) is 23.1 Å². The molecule has 2 N–H and O–H groups in total. The number of fused-ring (bicyclic) bond motifs is 1. The summed E-state index contributed by atoms with van der Waals surface area (Å²) in [6.07, 6.45) is 4.55. The van der Waals surface area contributed by atoms with Crippen LogP contribution in [0.4, 0.5) is 23.0 Å². The number of imidazole rings is 1. The third-order valence-corrected chi connectivity index (χ3v) is 6.75. The van der Waals surface area contributed by atoms with Crippen molar-refractivity contribution >= 4 is 34.2 Å². The fraction of sp³-hybridized carbons (Fsp3) is 0.286. The number of nitrogens with zero attached hydrogens (tertiary/aromatic N) is 8. The van der Waals surface area contributed by atoms with E-state index in [0.717, 1.165) is 42.0 Å². The third-order valence-electron chi connectivity index (χ3n) is 6.75. The van der Waals surface area contributed by atoms with E-state index in [2.05, 4.69) is 36.5 Å². The standard InChI is InChI=1S/C28H28N10O2/c1-17-31-26-21(33-20-10-7-9-19(27(20)39-3)22-16-30-37(2)36-22)14-24(34-23-11-6-8-18(15-29)32-23)35-28(26)38(17)25-12-4-5-13-40-25/h6-11,14,16,25H,4-5,12-13H2,1-3H3,(H2,32,33,34,35). The summed E-state index contributed by atoms with van der Waals surface area (Å²) in [6, 6.07) is 15.0. The molecule has 1 atom stereocenters. The van der Waals surface area contributed by atoms with Crippen LogP contribution in [0.25, 0.3) is 22.4 Å². The Morgan fingerprint density at radius 3 is 2.67 bits per heavy atom. The Balaban J connectivity index is 1.47. The zero-order valence-corrected chi connectivity index (χ0v) is 22.4. The Labute approximate surface area is 230 Å². The Hall–Kier alpha value is -5.02. The molecule has 5 heterocycles. The monoisotopic (exact) mass is 536 g/mol. The summed E-state index contributed by atoms with van der Waals surface area (Å²) in [5.74, 6) is 2.48. The predicted octanol–water partition coefficient (Wildman–Crippen LogP) is 5.00. The first-order chi connectivity index (χ1) is 19.5. The highest BCUT2D eigenvalue weighted by molar-refractivity contribution is 5.92. The molecule has 40 heavy (non-hydrogen) atoms. The van der Waals surface area contributed by atoms with E-state index in [9.17, 15) is 5.26 Å². The van der Waals surface area contributed by atoms with Crippen LogP contribution in [-0.4, -0.2) is 48.2 Å². The van der Waals surface area contributed by atoms with E-state index in [1.54, 1.807) is 38.6 Å². The number of ether oxygens (including phenoxy) is 2. The molecule has 0 saturated carbocycles. The summed E-state index contributed by atoms with van der Waals surface area (Å²) in [5, 5.41) is 24.7. The average Bonchev–Trinajstić information content (AvgIpc) is 3.56. The average molecular weight is 537 g/mol. The van der Waals surface area contributed by atoms with Crippen LogP contribution in [0.5, 0.6) is 5.75 Å². The molecule has 1 aromatic carbocycles. The fourth-order valence-corrected chi connectivity index (χ4v) is 4.97. The summed E-state index contributed by atoms with van der Waals surface area (Å²) >= 11 is 0. The van der Waals surface area contributed by atoms with Crippen molar-refractivity contribution < 1.29 is 9.47 Å². The topological polar surface area (TPSA) is 141 Å². The van der Waals surface area contributed by atoms with Gasteiger partial charge in [0.2, 0.25) is 0 Å². The molecule has 0 amide bonds. The summed E-state index contributed by atoms with van der Waals surface area (Å²) in [7, 11) is 3.40. The third kappa shape index (κ3) is 4.78. The normalized spacial score (nSPS) is 15.1. The van der Waals surface area contributed by atoms with Crippen molar-refractivity contribution in [2.75, 3.05) is 24.4 Å². The lowest BCUT2D eigenvalue weighted by atomic mass is 10.1. The zero-order chi connectivity index (χ0) is 27.6. The smallest absolute Gasteiger partial charge is 0.166 e. The fourth-order valence-electron chi connectivity index (χ4n) is 4.97. The van der Waals surface area contributed by atoms with Crippen LogP contribution in [0.15, 0.2) is 48.7 Å². The first kappa shape index (κ1) is 25.3. The van der Waals surface area contributed by atoms with Gasteiger partial charge in [0.25, 0.3) is 0 Å². The molecule has 4 aromatic heterocycles. The zero-order valence-electron chi connectivity index (χ0n) is 22.4. The SMILES string of the molecule is COc1c(Nc2cc(Nc3cccc(C#N)n3)nc3c2nc(C)n3C2CCCCO2)cccc1-c1cnn(C)n1. The number of hydrogen-bond donors (Lipinski definition) is 2. The number of nitrogens with one attached hydrogen (secondary N) is 2. The maximum Gasteiger partial charge on any atom is 0.166 e. The number of benzene rings is 1. The summed E-state index contributed by atoms with van der Waals surface area (Å²) in [5.41, 5.74) is 4.64. The largest absolute Gasteiger partial charge is 0.494 e. The van der Waals surface area contributed by atoms with Crippen molar-refractivity contribution in [2.24, 2.45) is 7.05 Å². The number of anilines is 4. The van der Waals surface area contributed by atoms with Gasteiger partial charge in [-0.15, -0.1) is 0 Å². The molecule has 0 radical (unpaired) electrons. The molecule has 1 aliphatic heterocycles. The van der Waals surface area contributed by atoms with Crippen molar-refractivity contribution in [3.63, 3.8) is 0 Å². The molecule has 5 aromatic rings. The quantitative estimate of drug-likeness (QED) is 0.292.